The summed E-state index contributed by atoms with van der Waals surface area (Å²) in [7, 11) is 0. The Bertz CT molecular complexity index is 504. The minimum Gasteiger partial charge on any atom is -0.363 e. The van der Waals surface area contributed by atoms with Crippen LogP contribution >= 0.6 is 12.2 Å². The molecule has 3 nitrogen and oxygen atoms in total. The molecule has 2 aromatic rings. The van der Waals surface area contributed by atoms with Gasteiger partial charge in [0, 0.05) is 31.3 Å². The molecular weight excluding hydrogens is 230 g/mol. The van der Waals surface area contributed by atoms with Crippen LogP contribution in [0.15, 0.2) is 36.5 Å². The molecule has 0 radical (unpaired) electrons. The number of aromatic nitrogens is 1. The van der Waals surface area contributed by atoms with E-state index in [1.54, 1.807) is 0 Å². The van der Waals surface area contributed by atoms with Gasteiger partial charge in [0.15, 0.2) is 5.11 Å². The molecule has 4 heteroatoms. The van der Waals surface area contributed by atoms with Gasteiger partial charge in [0.25, 0.3) is 0 Å². The van der Waals surface area contributed by atoms with E-state index in [9.17, 15) is 0 Å². The van der Waals surface area contributed by atoms with Crippen molar-refractivity contribution in [3.63, 3.8) is 0 Å². The molecule has 1 aromatic heterocycles. The zero-order valence-corrected chi connectivity index (χ0v) is 10.8. The van der Waals surface area contributed by atoms with Gasteiger partial charge in [-0.2, -0.15) is 0 Å². The molecule has 90 valence electrons. The number of nitrogens with one attached hydrogen (secondary N) is 2. The second-order valence-corrected chi connectivity index (χ2v) is 4.26. The Morgan fingerprint density at radius 2 is 2.06 bits per heavy atom. The maximum Gasteiger partial charge on any atom is 0.166 e. The molecule has 2 N–H and O–H groups in total. The van der Waals surface area contributed by atoms with Gasteiger partial charge in [-0.05, 0) is 36.7 Å². The first-order valence-corrected chi connectivity index (χ1v) is 6.27. The topological polar surface area (TPSA) is 29.0 Å². The summed E-state index contributed by atoms with van der Waals surface area (Å²) in [6.45, 7) is 4.65. The molecule has 0 spiro atoms. The molecule has 0 atom stereocenters. The molecule has 0 aliphatic heterocycles. The Morgan fingerprint density at radius 1 is 1.24 bits per heavy atom. The zero-order chi connectivity index (χ0) is 12.1. The predicted octanol–water partition coefficient (Wildman–Crippen LogP) is 2.13. The molecule has 0 bridgehead atoms. The molecule has 0 saturated carbocycles. The summed E-state index contributed by atoms with van der Waals surface area (Å²) in [6.07, 6.45) is 2.11. The van der Waals surface area contributed by atoms with Gasteiger partial charge in [-0.25, -0.2) is 0 Å². The fourth-order valence-corrected chi connectivity index (χ4v) is 2.09. The van der Waals surface area contributed by atoms with Crippen LogP contribution in [0.3, 0.4) is 0 Å². The lowest BCUT2D eigenvalue weighted by atomic mass is 10.2. The van der Waals surface area contributed by atoms with Crippen LogP contribution < -0.4 is 10.6 Å². The highest BCUT2D eigenvalue weighted by Crippen LogP contribution is 2.14. The van der Waals surface area contributed by atoms with Crippen LogP contribution in [0.5, 0.6) is 0 Å². The van der Waals surface area contributed by atoms with Gasteiger partial charge in [-0.15, -0.1) is 0 Å². The fraction of sp³-hybridized carbons (Fsp3) is 0.308. The minimum atomic E-state index is 0.726. The van der Waals surface area contributed by atoms with Crippen molar-refractivity contribution in [1.82, 2.24) is 15.2 Å². The lowest BCUT2D eigenvalue weighted by Gasteiger charge is -2.10. The third kappa shape index (κ3) is 2.97. The first-order chi connectivity index (χ1) is 8.31. The van der Waals surface area contributed by atoms with E-state index >= 15 is 0 Å². The van der Waals surface area contributed by atoms with Crippen LogP contribution in [0.1, 0.15) is 6.92 Å². The van der Waals surface area contributed by atoms with E-state index in [4.69, 9.17) is 12.2 Å². The lowest BCUT2D eigenvalue weighted by molar-refractivity contribution is 0.689. The van der Waals surface area contributed by atoms with Crippen molar-refractivity contribution in [3.8, 4) is 0 Å². The van der Waals surface area contributed by atoms with Crippen molar-refractivity contribution in [3.05, 3.63) is 36.5 Å². The number of fused-ring (bicyclic) bond motifs is 1. The first-order valence-electron chi connectivity index (χ1n) is 5.87. The quantitative estimate of drug-likeness (QED) is 0.811. The van der Waals surface area contributed by atoms with E-state index in [2.05, 4.69) is 51.7 Å². The molecule has 0 aliphatic rings. The highest BCUT2D eigenvalue weighted by molar-refractivity contribution is 7.80. The summed E-state index contributed by atoms with van der Waals surface area (Å²) in [5.41, 5.74) is 1.27. The molecular formula is C13H17N3S. The highest BCUT2D eigenvalue weighted by atomic mass is 32.1. The van der Waals surface area contributed by atoms with E-state index in [1.807, 2.05) is 6.92 Å². The minimum absolute atomic E-state index is 0.726. The Labute approximate surface area is 107 Å². The SMILES string of the molecule is CCNC(=S)NCCn1ccc2ccccc21. The highest BCUT2D eigenvalue weighted by Gasteiger charge is 1.99. The number of para-hydroxylation sites is 1. The van der Waals surface area contributed by atoms with Crippen molar-refractivity contribution in [2.45, 2.75) is 13.5 Å². The lowest BCUT2D eigenvalue weighted by Crippen LogP contribution is -2.36. The average Bonchev–Trinajstić information content (AvgIpc) is 2.73. The second kappa shape index (κ2) is 5.68. The molecule has 0 saturated heterocycles. The molecule has 0 aliphatic carbocycles. The van der Waals surface area contributed by atoms with Crippen LogP contribution in [0.2, 0.25) is 0 Å². The van der Waals surface area contributed by atoms with Crippen LogP contribution in [0, 0.1) is 0 Å². The largest absolute Gasteiger partial charge is 0.363 e. The van der Waals surface area contributed by atoms with Gasteiger partial charge in [-0.1, -0.05) is 18.2 Å². The Hall–Kier alpha value is -1.55. The molecule has 0 unspecified atom stereocenters. The van der Waals surface area contributed by atoms with Crippen LogP contribution in [-0.4, -0.2) is 22.8 Å². The maximum atomic E-state index is 5.11. The number of hydrogen-bond donors (Lipinski definition) is 2. The van der Waals surface area contributed by atoms with Gasteiger partial charge in [-0.3, -0.25) is 0 Å². The molecule has 2 rings (SSSR count). The summed E-state index contributed by atoms with van der Waals surface area (Å²) >= 11 is 5.11. The van der Waals surface area contributed by atoms with Crippen molar-refractivity contribution in [2.75, 3.05) is 13.1 Å². The van der Waals surface area contributed by atoms with E-state index < -0.39 is 0 Å². The summed E-state index contributed by atoms with van der Waals surface area (Å²) in [6, 6.07) is 10.5. The predicted molar refractivity (Wildman–Crippen MR) is 76.2 cm³/mol. The Balaban J connectivity index is 1.93. The van der Waals surface area contributed by atoms with Gasteiger partial charge < -0.3 is 15.2 Å². The van der Waals surface area contributed by atoms with Crippen LogP contribution in [0.25, 0.3) is 10.9 Å². The smallest absolute Gasteiger partial charge is 0.166 e. The molecule has 0 fully saturated rings. The average molecular weight is 247 g/mol. The van der Waals surface area contributed by atoms with Crippen LogP contribution in [-0.2, 0) is 6.54 Å². The monoisotopic (exact) mass is 247 g/mol. The number of hydrogen-bond acceptors (Lipinski definition) is 1. The third-order valence-electron chi connectivity index (χ3n) is 2.66. The number of benzene rings is 1. The van der Waals surface area contributed by atoms with Crippen LogP contribution in [0.4, 0.5) is 0 Å². The first kappa shape index (κ1) is 11.9. The zero-order valence-electron chi connectivity index (χ0n) is 9.94. The van der Waals surface area contributed by atoms with E-state index in [1.165, 1.54) is 10.9 Å². The van der Waals surface area contributed by atoms with Crippen molar-refractivity contribution >= 4 is 28.2 Å². The summed E-state index contributed by atoms with van der Waals surface area (Å²) in [4.78, 5) is 0. The standard InChI is InChI=1S/C13H17N3S/c1-2-14-13(17)15-8-10-16-9-7-11-5-3-4-6-12(11)16/h3-7,9H,2,8,10H2,1H3,(H2,14,15,17). The Kier molecular flexibility index (Phi) is 3.98. The van der Waals surface area contributed by atoms with Crippen molar-refractivity contribution in [2.24, 2.45) is 0 Å². The van der Waals surface area contributed by atoms with E-state index in [0.717, 1.165) is 24.7 Å². The van der Waals surface area contributed by atoms with Gasteiger partial charge >= 0.3 is 0 Å². The van der Waals surface area contributed by atoms with E-state index in [-0.39, 0.29) is 0 Å². The second-order valence-electron chi connectivity index (χ2n) is 3.85. The van der Waals surface area contributed by atoms with Crippen molar-refractivity contribution in [1.29, 1.82) is 0 Å². The molecule has 17 heavy (non-hydrogen) atoms. The third-order valence-corrected chi connectivity index (χ3v) is 2.94. The van der Waals surface area contributed by atoms with Gasteiger partial charge in [0.2, 0.25) is 0 Å². The number of nitrogens with zero attached hydrogens (tertiary/aromatic N) is 1. The maximum absolute atomic E-state index is 5.11. The normalized spacial score (nSPS) is 10.4. The van der Waals surface area contributed by atoms with Gasteiger partial charge in [0.1, 0.15) is 0 Å². The summed E-state index contributed by atoms with van der Waals surface area (Å²) < 4.78 is 2.23. The van der Waals surface area contributed by atoms with Gasteiger partial charge in [0.05, 0.1) is 0 Å². The number of rotatable bonds is 4. The fourth-order valence-electron chi connectivity index (χ4n) is 1.85. The van der Waals surface area contributed by atoms with E-state index in [0.29, 0.717) is 0 Å². The van der Waals surface area contributed by atoms with Crippen molar-refractivity contribution < 1.29 is 0 Å². The Morgan fingerprint density at radius 3 is 2.88 bits per heavy atom. The summed E-state index contributed by atoms with van der Waals surface area (Å²) in [5.74, 6) is 0. The number of thiocarbonyl (C=S) groups is 1. The molecule has 0 amide bonds. The molecule has 1 aromatic carbocycles. The summed E-state index contributed by atoms with van der Waals surface area (Å²) in [5, 5.41) is 8.27. The molecule has 1 heterocycles.